The molecule has 0 aromatic heterocycles. The Morgan fingerprint density at radius 3 is 2.52 bits per heavy atom. The Kier molecular flexibility index (Phi) is 5.09. The highest BCUT2D eigenvalue weighted by Gasteiger charge is 2.31. The van der Waals surface area contributed by atoms with Crippen LogP contribution in [0.1, 0.15) is 20.3 Å². The van der Waals surface area contributed by atoms with E-state index in [4.69, 9.17) is 0 Å². The Labute approximate surface area is 134 Å². The normalized spacial score (nSPS) is 19.2. The molecule has 0 radical (unpaired) electrons. The van der Waals surface area contributed by atoms with Crippen molar-refractivity contribution in [1.29, 1.82) is 0 Å². The Balaban J connectivity index is 2.02. The van der Waals surface area contributed by atoms with Gasteiger partial charge in [-0.2, -0.15) is 0 Å². The lowest BCUT2D eigenvalue weighted by atomic mass is 10.1. The van der Waals surface area contributed by atoms with Crippen LogP contribution in [0.5, 0.6) is 0 Å². The molecule has 1 aromatic rings. The van der Waals surface area contributed by atoms with Crippen molar-refractivity contribution >= 4 is 31.7 Å². The van der Waals surface area contributed by atoms with Crippen LogP contribution >= 0.6 is 15.9 Å². The van der Waals surface area contributed by atoms with Gasteiger partial charge in [0.15, 0.2) is 9.84 Å². The highest BCUT2D eigenvalue weighted by Crippen LogP contribution is 2.24. The summed E-state index contributed by atoms with van der Waals surface area (Å²) in [6.45, 7) is 4.95. The fourth-order valence-corrected chi connectivity index (χ4v) is 4.48. The maximum atomic E-state index is 12.4. The van der Waals surface area contributed by atoms with Crippen molar-refractivity contribution in [1.82, 2.24) is 4.90 Å². The molecule has 0 saturated carbocycles. The monoisotopic (exact) mass is 373 g/mol. The van der Waals surface area contributed by atoms with E-state index in [0.717, 1.165) is 10.9 Å². The van der Waals surface area contributed by atoms with E-state index >= 15 is 0 Å². The van der Waals surface area contributed by atoms with Crippen LogP contribution in [0.25, 0.3) is 0 Å². The van der Waals surface area contributed by atoms with E-state index < -0.39 is 9.84 Å². The standard InChI is InChI=1S/C15H20BrNO3S/c1-11(2)15(18)17-8-7-12(9-17)10-21(19,20)14-5-3-13(16)4-6-14/h3-6,11-12H,7-10H2,1-2H3. The number of carbonyl (C=O) groups excluding carboxylic acids is 1. The summed E-state index contributed by atoms with van der Waals surface area (Å²) >= 11 is 3.30. The maximum absolute atomic E-state index is 12.4. The average Bonchev–Trinajstić information content (AvgIpc) is 2.85. The number of rotatable bonds is 4. The van der Waals surface area contributed by atoms with Gasteiger partial charge < -0.3 is 4.90 Å². The Hall–Kier alpha value is -0.880. The molecule has 1 fully saturated rings. The summed E-state index contributed by atoms with van der Waals surface area (Å²) in [7, 11) is -3.29. The van der Waals surface area contributed by atoms with E-state index in [9.17, 15) is 13.2 Å². The van der Waals surface area contributed by atoms with E-state index in [1.807, 2.05) is 13.8 Å². The first-order chi connectivity index (χ1) is 9.79. The summed E-state index contributed by atoms with van der Waals surface area (Å²) < 4.78 is 25.6. The van der Waals surface area contributed by atoms with Gasteiger partial charge in [-0.15, -0.1) is 0 Å². The molecule has 0 bridgehead atoms. The first-order valence-corrected chi connectivity index (χ1v) is 9.51. The number of amides is 1. The van der Waals surface area contributed by atoms with E-state index in [1.165, 1.54) is 0 Å². The van der Waals surface area contributed by atoms with Gasteiger partial charge in [-0.3, -0.25) is 4.79 Å². The number of hydrogen-bond acceptors (Lipinski definition) is 3. The SMILES string of the molecule is CC(C)C(=O)N1CCC(CS(=O)(=O)c2ccc(Br)cc2)C1. The van der Waals surface area contributed by atoms with Gasteiger partial charge in [0.1, 0.15) is 0 Å². The number of benzene rings is 1. The molecule has 1 aliphatic rings. The van der Waals surface area contributed by atoms with Crippen molar-refractivity contribution in [2.24, 2.45) is 11.8 Å². The zero-order chi connectivity index (χ0) is 15.6. The van der Waals surface area contributed by atoms with Crippen LogP contribution in [-0.2, 0) is 14.6 Å². The van der Waals surface area contributed by atoms with E-state index in [-0.39, 0.29) is 23.5 Å². The summed E-state index contributed by atoms with van der Waals surface area (Å²) in [5.74, 6) is 0.211. The molecule has 0 N–H and O–H groups in total. The third-order valence-electron chi connectivity index (χ3n) is 3.72. The average molecular weight is 374 g/mol. The van der Waals surface area contributed by atoms with Gasteiger partial charge >= 0.3 is 0 Å². The lowest BCUT2D eigenvalue weighted by molar-refractivity contribution is -0.133. The molecule has 1 aliphatic heterocycles. The minimum atomic E-state index is -3.29. The van der Waals surface area contributed by atoms with Crippen LogP contribution in [0.2, 0.25) is 0 Å². The predicted octanol–water partition coefficient (Wildman–Crippen LogP) is 2.73. The van der Waals surface area contributed by atoms with E-state index in [1.54, 1.807) is 29.2 Å². The Morgan fingerprint density at radius 2 is 1.95 bits per heavy atom. The fourth-order valence-electron chi connectivity index (χ4n) is 2.58. The van der Waals surface area contributed by atoms with Crippen molar-refractivity contribution < 1.29 is 13.2 Å². The van der Waals surface area contributed by atoms with Crippen molar-refractivity contribution in [3.8, 4) is 0 Å². The number of likely N-dealkylation sites (tertiary alicyclic amines) is 1. The molecule has 0 spiro atoms. The molecule has 116 valence electrons. The summed E-state index contributed by atoms with van der Waals surface area (Å²) in [6.07, 6.45) is 0.758. The number of sulfone groups is 1. The second kappa shape index (κ2) is 6.48. The van der Waals surface area contributed by atoms with Crippen LogP contribution in [0.3, 0.4) is 0 Å². The van der Waals surface area contributed by atoms with Crippen LogP contribution in [0, 0.1) is 11.8 Å². The molecular weight excluding hydrogens is 354 g/mol. The van der Waals surface area contributed by atoms with Crippen LogP contribution < -0.4 is 0 Å². The first-order valence-electron chi connectivity index (χ1n) is 7.06. The maximum Gasteiger partial charge on any atom is 0.225 e. The summed E-state index contributed by atoms with van der Waals surface area (Å²) in [5.41, 5.74) is 0. The largest absolute Gasteiger partial charge is 0.342 e. The molecule has 1 saturated heterocycles. The number of hydrogen-bond donors (Lipinski definition) is 0. The minimum Gasteiger partial charge on any atom is -0.342 e. The molecule has 6 heteroatoms. The molecular formula is C15H20BrNO3S. The smallest absolute Gasteiger partial charge is 0.225 e. The van der Waals surface area contributed by atoms with Crippen molar-refractivity contribution in [2.75, 3.05) is 18.8 Å². The van der Waals surface area contributed by atoms with Crippen molar-refractivity contribution in [3.63, 3.8) is 0 Å². The van der Waals surface area contributed by atoms with Crippen LogP contribution in [-0.4, -0.2) is 38.1 Å². The molecule has 21 heavy (non-hydrogen) atoms. The second-order valence-corrected chi connectivity index (χ2v) is 8.78. The second-order valence-electron chi connectivity index (χ2n) is 5.83. The van der Waals surface area contributed by atoms with Gasteiger partial charge in [0.05, 0.1) is 10.6 Å². The quantitative estimate of drug-likeness (QED) is 0.815. The highest BCUT2D eigenvalue weighted by molar-refractivity contribution is 9.10. The van der Waals surface area contributed by atoms with Gasteiger partial charge in [0.25, 0.3) is 0 Å². The van der Waals surface area contributed by atoms with Crippen molar-refractivity contribution in [3.05, 3.63) is 28.7 Å². The summed E-state index contributed by atoms with van der Waals surface area (Å²) in [5, 5.41) is 0. The molecule has 1 atom stereocenters. The lowest BCUT2D eigenvalue weighted by Crippen LogP contribution is -2.32. The first kappa shape index (κ1) is 16.5. The van der Waals surface area contributed by atoms with Gasteiger partial charge in [-0.25, -0.2) is 8.42 Å². The van der Waals surface area contributed by atoms with Crippen molar-refractivity contribution in [2.45, 2.75) is 25.2 Å². The Bertz CT molecular complexity index is 610. The summed E-state index contributed by atoms with van der Waals surface area (Å²) in [6, 6.07) is 6.70. The topological polar surface area (TPSA) is 54.5 Å². The van der Waals surface area contributed by atoms with Gasteiger partial charge in [-0.1, -0.05) is 29.8 Å². The molecule has 4 nitrogen and oxygen atoms in total. The lowest BCUT2D eigenvalue weighted by Gasteiger charge is -2.18. The van der Waals surface area contributed by atoms with Crippen LogP contribution in [0.15, 0.2) is 33.6 Å². The molecule has 1 amide bonds. The third-order valence-corrected chi connectivity index (χ3v) is 6.15. The zero-order valence-electron chi connectivity index (χ0n) is 12.3. The predicted molar refractivity (Wildman–Crippen MR) is 85.7 cm³/mol. The van der Waals surface area contributed by atoms with E-state index in [2.05, 4.69) is 15.9 Å². The van der Waals surface area contributed by atoms with Gasteiger partial charge in [0, 0.05) is 23.5 Å². The van der Waals surface area contributed by atoms with Gasteiger partial charge in [-0.05, 0) is 36.6 Å². The summed E-state index contributed by atoms with van der Waals surface area (Å²) in [4.78, 5) is 14.1. The fraction of sp³-hybridized carbons (Fsp3) is 0.533. The molecule has 2 rings (SSSR count). The molecule has 1 heterocycles. The number of halogens is 1. The molecule has 1 unspecified atom stereocenters. The number of nitrogens with zero attached hydrogens (tertiary/aromatic N) is 1. The van der Waals surface area contributed by atoms with Gasteiger partial charge in [0.2, 0.25) is 5.91 Å². The number of carbonyl (C=O) groups is 1. The zero-order valence-corrected chi connectivity index (χ0v) is 14.7. The minimum absolute atomic E-state index is 0.0290. The highest BCUT2D eigenvalue weighted by atomic mass is 79.9. The molecule has 1 aromatic carbocycles. The molecule has 0 aliphatic carbocycles. The Morgan fingerprint density at radius 1 is 1.33 bits per heavy atom. The third kappa shape index (κ3) is 4.07. The van der Waals surface area contributed by atoms with Crippen LogP contribution in [0.4, 0.5) is 0 Å². The van der Waals surface area contributed by atoms with E-state index in [0.29, 0.717) is 18.0 Å².